The fourth-order valence-electron chi connectivity index (χ4n) is 0.986. The Morgan fingerprint density at radius 3 is 1.64 bits per heavy atom. The molecule has 0 aliphatic rings. The number of alkyl halides is 11. The van der Waals surface area contributed by atoms with Crippen LogP contribution in [0.3, 0.4) is 0 Å². The Hall–Kier alpha value is -1.11. The number of hydrogen-bond acceptors (Lipinski definition) is 2. The SMILES string of the molecule is C/C=C\C(F)(F)C(F)C(F)(F)OC(F)(F)C(O)(F)C(F)(F)F. The van der Waals surface area contributed by atoms with Gasteiger partial charge in [0, 0.05) is 0 Å². The number of rotatable bonds is 6. The third-order valence-corrected chi connectivity index (χ3v) is 2.05. The molecule has 0 saturated carbocycles. The predicted molar refractivity (Wildman–Crippen MR) is 47.7 cm³/mol. The quantitative estimate of drug-likeness (QED) is 0.577. The summed E-state index contributed by atoms with van der Waals surface area (Å²) in [5.41, 5.74) is 0. The van der Waals surface area contributed by atoms with Gasteiger partial charge in [-0.15, -0.1) is 0 Å². The summed E-state index contributed by atoms with van der Waals surface area (Å²) in [6.07, 6.45) is -24.9. The maximum absolute atomic E-state index is 12.9. The second kappa shape index (κ2) is 5.83. The normalized spacial score (nSPS) is 19.3. The van der Waals surface area contributed by atoms with Crippen LogP contribution in [0.4, 0.5) is 48.3 Å². The highest BCUT2D eigenvalue weighted by Crippen LogP contribution is 2.48. The monoisotopic (exact) mass is 356 g/mol. The van der Waals surface area contributed by atoms with Gasteiger partial charge in [0.1, 0.15) is 0 Å². The summed E-state index contributed by atoms with van der Waals surface area (Å²) in [6.45, 7) is 0.804. The van der Waals surface area contributed by atoms with E-state index in [4.69, 9.17) is 5.11 Å². The molecule has 2 unspecified atom stereocenters. The molecular weight excluding hydrogens is 349 g/mol. The van der Waals surface area contributed by atoms with Crippen LogP contribution in [-0.2, 0) is 4.74 Å². The zero-order chi connectivity index (χ0) is 18.2. The molecule has 0 heterocycles. The van der Waals surface area contributed by atoms with Crippen molar-refractivity contribution in [2.45, 2.75) is 43.3 Å². The molecule has 0 fully saturated rings. The lowest BCUT2D eigenvalue weighted by atomic mass is 10.1. The first kappa shape index (κ1) is 20.9. The van der Waals surface area contributed by atoms with E-state index in [-0.39, 0.29) is 0 Å². The molecule has 0 amide bonds. The van der Waals surface area contributed by atoms with E-state index < -0.39 is 42.4 Å². The maximum atomic E-state index is 12.9. The number of halogens is 11. The fourth-order valence-corrected chi connectivity index (χ4v) is 0.986. The summed E-state index contributed by atoms with van der Waals surface area (Å²) in [7, 11) is 0. The van der Waals surface area contributed by atoms with E-state index in [0.717, 1.165) is 6.92 Å². The van der Waals surface area contributed by atoms with Gasteiger partial charge < -0.3 is 5.11 Å². The van der Waals surface area contributed by atoms with Crippen molar-refractivity contribution >= 4 is 0 Å². The molecule has 0 aromatic rings. The summed E-state index contributed by atoms with van der Waals surface area (Å²) < 4.78 is 139. The molecule has 0 aromatic heterocycles. The molecule has 13 heteroatoms. The van der Waals surface area contributed by atoms with Gasteiger partial charge in [0.2, 0.25) is 0 Å². The van der Waals surface area contributed by atoms with Crippen LogP contribution in [0.5, 0.6) is 0 Å². The van der Waals surface area contributed by atoms with Gasteiger partial charge in [0.05, 0.1) is 0 Å². The molecule has 22 heavy (non-hydrogen) atoms. The number of aliphatic hydroxyl groups is 1. The highest BCUT2D eigenvalue weighted by atomic mass is 19.4. The minimum absolute atomic E-state index is 0.335. The second-order valence-electron chi connectivity index (χ2n) is 3.84. The average molecular weight is 356 g/mol. The summed E-state index contributed by atoms with van der Waals surface area (Å²) in [4.78, 5) is 0. The van der Waals surface area contributed by atoms with Gasteiger partial charge in [-0.25, -0.2) is 9.13 Å². The van der Waals surface area contributed by atoms with Crippen LogP contribution in [0.15, 0.2) is 12.2 Å². The van der Waals surface area contributed by atoms with Gasteiger partial charge in [-0.05, 0) is 13.0 Å². The molecule has 0 saturated heterocycles. The highest BCUT2D eigenvalue weighted by Gasteiger charge is 2.76. The highest BCUT2D eigenvalue weighted by molar-refractivity contribution is 5.01. The second-order valence-corrected chi connectivity index (χ2v) is 3.84. The van der Waals surface area contributed by atoms with E-state index in [1.165, 1.54) is 0 Å². The minimum atomic E-state index is -6.83. The summed E-state index contributed by atoms with van der Waals surface area (Å²) in [5, 5.41) is 7.91. The van der Waals surface area contributed by atoms with Crippen molar-refractivity contribution in [3.63, 3.8) is 0 Å². The molecule has 0 aliphatic carbocycles. The molecule has 0 radical (unpaired) electrons. The summed E-state index contributed by atoms with van der Waals surface area (Å²) in [6, 6.07) is 0. The van der Waals surface area contributed by atoms with Crippen LogP contribution in [-0.4, -0.2) is 41.4 Å². The molecule has 132 valence electrons. The molecule has 0 rings (SSSR count). The van der Waals surface area contributed by atoms with Gasteiger partial charge in [-0.1, -0.05) is 6.08 Å². The van der Waals surface area contributed by atoms with E-state index in [2.05, 4.69) is 0 Å². The van der Waals surface area contributed by atoms with E-state index in [0.29, 0.717) is 6.08 Å². The lowest BCUT2D eigenvalue weighted by Crippen LogP contribution is -2.60. The Morgan fingerprint density at radius 2 is 1.32 bits per heavy atom. The summed E-state index contributed by atoms with van der Waals surface area (Å²) >= 11 is 0. The lowest BCUT2D eigenvalue weighted by molar-refractivity contribution is -0.498. The molecule has 2 atom stereocenters. The van der Waals surface area contributed by atoms with Crippen LogP contribution in [0, 0.1) is 0 Å². The van der Waals surface area contributed by atoms with Gasteiger partial charge in [0.25, 0.3) is 6.17 Å². The van der Waals surface area contributed by atoms with Gasteiger partial charge in [0.15, 0.2) is 0 Å². The first-order valence-electron chi connectivity index (χ1n) is 5.02. The van der Waals surface area contributed by atoms with E-state index in [1.54, 1.807) is 0 Å². The summed E-state index contributed by atoms with van der Waals surface area (Å²) in [5.74, 6) is -11.8. The zero-order valence-corrected chi connectivity index (χ0v) is 10.2. The molecule has 1 N–H and O–H groups in total. The Bertz CT molecular complexity index is 412. The Balaban J connectivity index is 5.52. The third kappa shape index (κ3) is 4.00. The van der Waals surface area contributed by atoms with Crippen molar-refractivity contribution < 1.29 is 58.1 Å². The number of hydrogen-bond donors (Lipinski definition) is 1. The predicted octanol–water partition coefficient (Wildman–Crippen LogP) is 3.96. The molecule has 2 nitrogen and oxygen atoms in total. The fraction of sp³-hybridized carbons (Fsp3) is 0.778. The van der Waals surface area contributed by atoms with E-state index in [1.807, 2.05) is 4.74 Å². The van der Waals surface area contributed by atoms with Crippen LogP contribution < -0.4 is 0 Å². The van der Waals surface area contributed by atoms with Crippen molar-refractivity contribution in [3.05, 3.63) is 12.2 Å². The zero-order valence-electron chi connectivity index (χ0n) is 10.2. The molecule has 0 aliphatic heterocycles. The molecular formula is C9H7F11O2. The van der Waals surface area contributed by atoms with Crippen LogP contribution in [0.2, 0.25) is 0 Å². The first-order chi connectivity index (χ1) is 9.42. The topological polar surface area (TPSA) is 29.5 Å². The average Bonchev–Trinajstić information content (AvgIpc) is 2.24. The van der Waals surface area contributed by atoms with E-state index >= 15 is 0 Å². The number of ether oxygens (including phenoxy) is 1. The van der Waals surface area contributed by atoms with Crippen molar-refractivity contribution in [1.82, 2.24) is 0 Å². The van der Waals surface area contributed by atoms with Crippen molar-refractivity contribution in [3.8, 4) is 0 Å². The number of allylic oxidation sites excluding steroid dienone is 2. The van der Waals surface area contributed by atoms with Gasteiger partial charge >= 0.3 is 30.2 Å². The maximum Gasteiger partial charge on any atom is 0.457 e. The van der Waals surface area contributed by atoms with Crippen molar-refractivity contribution in [2.75, 3.05) is 0 Å². The van der Waals surface area contributed by atoms with Gasteiger partial charge in [-0.2, -0.15) is 43.9 Å². The van der Waals surface area contributed by atoms with Crippen LogP contribution >= 0.6 is 0 Å². The Kier molecular flexibility index (Phi) is 5.54. The van der Waals surface area contributed by atoms with E-state index in [9.17, 15) is 48.3 Å². The van der Waals surface area contributed by atoms with Crippen LogP contribution in [0.25, 0.3) is 0 Å². The molecule has 0 spiro atoms. The van der Waals surface area contributed by atoms with Gasteiger partial charge in [-0.3, -0.25) is 0 Å². The molecule has 0 bridgehead atoms. The van der Waals surface area contributed by atoms with Crippen LogP contribution in [0.1, 0.15) is 6.92 Å². The smallest absolute Gasteiger partial charge is 0.348 e. The Morgan fingerprint density at radius 1 is 0.909 bits per heavy atom. The standard InChI is InChI=1S/C9H7F11O2/c1-2-3-5(11,12)4(10)6(13,14)22-9(19,20)7(15,21)8(16,17)18/h2-4,21H,1H3/b3-2-. The van der Waals surface area contributed by atoms with Crippen molar-refractivity contribution in [2.24, 2.45) is 0 Å². The van der Waals surface area contributed by atoms with Crippen molar-refractivity contribution in [1.29, 1.82) is 0 Å². The first-order valence-corrected chi connectivity index (χ1v) is 5.02. The Labute approximate surface area is 115 Å². The minimum Gasteiger partial charge on any atom is -0.348 e. The largest absolute Gasteiger partial charge is 0.457 e. The molecule has 0 aromatic carbocycles. The lowest BCUT2D eigenvalue weighted by Gasteiger charge is -2.33. The third-order valence-electron chi connectivity index (χ3n) is 2.05.